The van der Waals surface area contributed by atoms with Crippen molar-refractivity contribution in [3.63, 3.8) is 0 Å². The predicted molar refractivity (Wildman–Crippen MR) is 92.9 cm³/mol. The number of unbranched alkanes of at least 4 members (excludes halogenated alkanes) is 1. The zero-order valence-electron chi connectivity index (χ0n) is 15.7. The third-order valence-electron chi connectivity index (χ3n) is 5.14. The van der Waals surface area contributed by atoms with Crippen molar-refractivity contribution in [2.75, 3.05) is 26.3 Å². The zero-order chi connectivity index (χ0) is 16.8. The Kier molecular flexibility index (Phi) is 7.37. The molecule has 1 aliphatic heterocycles. The summed E-state index contributed by atoms with van der Waals surface area (Å²) in [6.07, 6.45) is 5.68. The van der Waals surface area contributed by atoms with Gasteiger partial charge in [0.15, 0.2) is 0 Å². The minimum Gasteiger partial charge on any atom is -0.378 e. The fraction of sp³-hybridized carbons (Fsp3) is 0.947. The lowest BCUT2D eigenvalue weighted by molar-refractivity contribution is -0.144. The highest BCUT2D eigenvalue weighted by Crippen LogP contribution is 2.36. The molecule has 1 fully saturated rings. The Morgan fingerprint density at radius 1 is 1.09 bits per heavy atom. The second-order valence-electron chi connectivity index (χ2n) is 8.64. The van der Waals surface area contributed by atoms with E-state index < -0.39 is 0 Å². The SMILES string of the molecule is CCC(C)(C)C(CCCCC(C)(C)C)C(=O)N1CCOCC1. The summed E-state index contributed by atoms with van der Waals surface area (Å²) in [5, 5.41) is 0. The molecule has 0 aromatic heterocycles. The molecule has 22 heavy (non-hydrogen) atoms. The van der Waals surface area contributed by atoms with Gasteiger partial charge in [0.05, 0.1) is 13.2 Å². The number of rotatable bonds is 7. The molecule has 1 atom stereocenters. The van der Waals surface area contributed by atoms with Gasteiger partial charge in [-0.05, 0) is 23.7 Å². The lowest BCUT2D eigenvalue weighted by atomic mass is 9.73. The smallest absolute Gasteiger partial charge is 0.226 e. The van der Waals surface area contributed by atoms with Crippen LogP contribution in [0.3, 0.4) is 0 Å². The van der Waals surface area contributed by atoms with Gasteiger partial charge in [0.2, 0.25) is 5.91 Å². The summed E-state index contributed by atoms with van der Waals surface area (Å²) < 4.78 is 5.38. The van der Waals surface area contributed by atoms with Gasteiger partial charge in [0.25, 0.3) is 0 Å². The molecular formula is C19H37NO2. The van der Waals surface area contributed by atoms with Crippen LogP contribution in [0.4, 0.5) is 0 Å². The van der Waals surface area contributed by atoms with Crippen molar-refractivity contribution in [3.05, 3.63) is 0 Å². The van der Waals surface area contributed by atoms with Gasteiger partial charge in [-0.2, -0.15) is 0 Å². The van der Waals surface area contributed by atoms with E-state index in [0.717, 1.165) is 32.4 Å². The van der Waals surface area contributed by atoms with Gasteiger partial charge in [0.1, 0.15) is 0 Å². The molecule has 1 aliphatic rings. The van der Waals surface area contributed by atoms with Crippen LogP contribution in [0.2, 0.25) is 0 Å². The molecule has 0 spiro atoms. The number of hydrogen-bond acceptors (Lipinski definition) is 2. The Balaban J connectivity index is 2.61. The van der Waals surface area contributed by atoms with Crippen molar-refractivity contribution in [2.24, 2.45) is 16.7 Å². The van der Waals surface area contributed by atoms with Gasteiger partial charge in [-0.1, -0.05) is 60.8 Å². The first-order valence-electron chi connectivity index (χ1n) is 9.04. The molecule has 0 aliphatic carbocycles. The van der Waals surface area contributed by atoms with Crippen molar-refractivity contribution in [3.8, 4) is 0 Å². The topological polar surface area (TPSA) is 29.5 Å². The molecule has 3 nitrogen and oxygen atoms in total. The molecule has 1 amide bonds. The third-order valence-corrected chi connectivity index (χ3v) is 5.14. The standard InChI is InChI=1S/C19H37NO2/c1-7-19(5,6)16(10-8-9-11-18(2,3)4)17(21)20-12-14-22-15-13-20/h16H,7-15H2,1-6H3. The average molecular weight is 312 g/mol. The Morgan fingerprint density at radius 2 is 1.68 bits per heavy atom. The largest absolute Gasteiger partial charge is 0.378 e. The molecule has 0 radical (unpaired) electrons. The number of amides is 1. The summed E-state index contributed by atoms with van der Waals surface area (Å²) in [6, 6.07) is 0. The highest BCUT2D eigenvalue weighted by molar-refractivity contribution is 5.79. The van der Waals surface area contributed by atoms with Crippen LogP contribution >= 0.6 is 0 Å². The fourth-order valence-corrected chi connectivity index (χ4v) is 3.10. The van der Waals surface area contributed by atoms with E-state index in [4.69, 9.17) is 4.74 Å². The Hall–Kier alpha value is -0.570. The Bertz CT molecular complexity index is 338. The van der Waals surface area contributed by atoms with Crippen LogP contribution in [0.5, 0.6) is 0 Å². The van der Waals surface area contributed by atoms with Crippen LogP contribution in [-0.2, 0) is 9.53 Å². The second kappa shape index (κ2) is 8.33. The van der Waals surface area contributed by atoms with Gasteiger partial charge < -0.3 is 9.64 Å². The highest BCUT2D eigenvalue weighted by atomic mass is 16.5. The maximum Gasteiger partial charge on any atom is 0.226 e. The van der Waals surface area contributed by atoms with Gasteiger partial charge in [-0.15, -0.1) is 0 Å². The molecule has 3 heteroatoms. The number of carbonyl (C=O) groups is 1. The third kappa shape index (κ3) is 6.28. The second-order valence-corrected chi connectivity index (χ2v) is 8.64. The van der Waals surface area contributed by atoms with Crippen molar-refractivity contribution in [1.29, 1.82) is 0 Å². The maximum atomic E-state index is 13.0. The molecule has 0 bridgehead atoms. The van der Waals surface area contributed by atoms with Gasteiger partial charge in [-0.3, -0.25) is 4.79 Å². The Labute approximate surface area is 137 Å². The molecule has 1 heterocycles. The van der Waals surface area contributed by atoms with E-state index in [1.165, 1.54) is 12.8 Å². The lowest BCUT2D eigenvalue weighted by Crippen LogP contribution is -2.47. The van der Waals surface area contributed by atoms with Crippen molar-refractivity contribution in [1.82, 2.24) is 4.90 Å². The zero-order valence-corrected chi connectivity index (χ0v) is 15.7. The summed E-state index contributed by atoms with van der Waals surface area (Å²) in [7, 11) is 0. The van der Waals surface area contributed by atoms with E-state index >= 15 is 0 Å². The van der Waals surface area contributed by atoms with E-state index in [0.29, 0.717) is 24.5 Å². The van der Waals surface area contributed by atoms with Crippen LogP contribution in [0.25, 0.3) is 0 Å². The van der Waals surface area contributed by atoms with Gasteiger partial charge in [-0.25, -0.2) is 0 Å². The fourth-order valence-electron chi connectivity index (χ4n) is 3.10. The first-order valence-corrected chi connectivity index (χ1v) is 9.04. The summed E-state index contributed by atoms with van der Waals surface area (Å²) in [4.78, 5) is 15.0. The van der Waals surface area contributed by atoms with Crippen LogP contribution < -0.4 is 0 Å². The number of nitrogens with zero attached hydrogens (tertiary/aromatic N) is 1. The van der Waals surface area contributed by atoms with Crippen LogP contribution in [0.1, 0.15) is 73.6 Å². The van der Waals surface area contributed by atoms with Crippen molar-refractivity contribution >= 4 is 5.91 Å². The summed E-state index contributed by atoms with van der Waals surface area (Å²) >= 11 is 0. The molecule has 0 N–H and O–H groups in total. The van der Waals surface area contributed by atoms with Crippen LogP contribution in [-0.4, -0.2) is 37.1 Å². The quantitative estimate of drug-likeness (QED) is 0.648. The average Bonchev–Trinajstić information content (AvgIpc) is 2.46. The molecule has 1 unspecified atom stereocenters. The Morgan fingerprint density at radius 3 is 2.18 bits per heavy atom. The summed E-state index contributed by atoms with van der Waals surface area (Å²) in [5.74, 6) is 0.501. The maximum absolute atomic E-state index is 13.0. The molecule has 1 saturated heterocycles. The molecule has 0 aromatic carbocycles. The van der Waals surface area contributed by atoms with Crippen molar-refractivity contribution < 1.29 is 9.53 Å². The van der Waals surface area contributed by atoms with E-state index in [9.17, 15) is 4.79 Å². The van der Waals surface area contributed by atoms with E-state index in [-0.39, 0.29) is 11.3 Å². The minimum absolute atomic E-state index is 0.0805. The monoisotopic (exact) mass is 311 g/mol. The normalized spacial score (nSPS) is 18.4. The first kappa shape index (κ1) is 19.5. The molecule has 1 rings (SSSR count). The van der Waals surface area contributed by atoms with E-state index in [1.807, 2.05) is 4.90 Å². The number of carbonyl (C=O) groups excluding carboxylic acids is 1. The first-order chi connectivity index (χ1) is 10.2. The van der Waals surface area contributed by atoms with E-state index in [1.54, 1.807) is 0 Å². The van der Waals surface area contributed by atoms with Crippen LogP contribution in [0, 0.1) is 16.7 Å². The number of ether oxygens (including phenoxy) is 1. The molecular weight excluding hydrogens is 274 g/mol. The van der Waals surface area contributed by atoms with Gasteiger partial charge in [0, 0.05) is 19.0 Å². The lowest BCUT2D eigenvalue weighted by Gasteiger charge is -2.38. The molecule has 0 aromatic rings. The van der Waals surface area contributed by atoms with E-state index in [2.05, 4.69) is 41.5 Å². The molecule has 0 saturated carbocycles. The highest BCUT2D eigenvalue weighted by Gasteiger charge is 2.36. The van der Waals surface area contributed by atoms with Crippen molar-refractivity contribution in [2.45, 2.75) is 73.6 Å². The predicted octanol–water partition coefficient (Wildman–Crippen LogP) is 4.50. The van der Waals surface area contributed by atoms with Gasteiger partial charge >= 0.3 is 0 Å². The number of morpholine rings is 1. The molecule has 130 valence electrons. The summed E-state index contributed by atoms with van der Waals surface area (Å²) in [5.41, 5.74) is 0.473. The minimum atomic E-state index is 0.0805. The summed E-state index contributed by atoms with van der Waals surface area (Å²) in [6.45, 7) is 16.5. The number of hydrogen-bond donors (Lipinski definition) is 0. The van der Waals surface area contributed by atoms with Crippen LogP contribution in [0.15, 0.2) is 0 Å².